The summed E-state index contributed by atoms with van der Waals surface area (Å²) in [6, 6.07) is -0.0743. The highest BCUT2D eigenvalue weighted by molar-refractivity contribution is 5.75. The summed E-state index contributed by atoms with van der Waals surface area (Å²) in [6.07, 6.45) is -0.00973. The third-order valence-electron chi connectivity index (χ3n) is 3.49. The number of rotatable bonds is 3. The van der Waals surface area contributed by atoms with Gasteiger partial charge < -0.3 is 14.9 Å². The maximum absolute atomic E-state index is 12.1. The molecular formula is C13H25N3O3. The third-order valence-corrected chi connectivity index (χ3v) is 3.49. The quantitative estimate of drug-likeness (QED) is 0.829. The number of nitrogens with zero attached hydrogens (tertiary/aromatic N) is 3. The zero-order valence-electron chi connectivity index (χ0n) is 12.3. The first kappa shape index (κ1) is 15.8. The van der Waals surface area contributed by atoms with Gasteiger partial charge in [0.25, 0.3) is 0 Å². The van der Waals surface area contributed by atoms with Gasteiger partial charge in [-0.3, -0.25) is 9.69 Å². The van der Waals surface area contributed by atoms with E-state index in [1.807, 2.05) is 0 Å². The Morgan fingerprint density at radius 1 is 1.16 bits per heavy atom. The van der Waals surface area contributed by atoms with Crippen LogP contribution in [0.25, 0.3) is 0 Å². The molecule has 0 bridgehead atoms. The van der Waals surface area contributed by atoms with Gasteiger partial charge in [-0.25, -0.2) is 4.79 Å². The largest absolute Gasteiger partial charge is 0.481 e. The number of amides is 2. The molecule has 1 aliphatic rings. The van der Waals surface area contributed by atoms with Crippen LogP contribution in [0.3, 0.4) is 0 Å². The van der Waals surface area contributed by atoms with Crippen molar-refractivity contribution in [3.05, 3.63) is 0 Å². The molecular weight excluding hydrogens is 246 g/mol. The highest BCUT2D eigenvalue weighted by Crippen LogP contribution is 2.16. The van der Waals surface area contributed by atoms with Gasteiger partial charge in [0, 0.05) is 45.3 Å². The van der Waals surface area contributed by atoms with Gasteiger partial charge in [-0.1, -0.05) is 0 Å². The smallest absolute Gasteiger partial charge is 0.319 e. The van der Waals surface area contributed by atoms with Crippen LogP contribution in [-0.4, -0.2) is 77.1 Å². The maximum Gasteiger partial charge on any atom is 0.319 e. The minimum atomic E-state index is -0.878. The second kappa shape index (κ2) is 6.23. The molecule has 0 atom stereocenters. The molecule has 1 N–H and O–H groups in total. The number of hydrogen-bond donors (Lipinski definition) is 1. The Hall–Kier alpha value is -1.30. The van der Waals surface area contributed by atoms with Crippen molar-refractivity contribution < 1.29 is 14.7 Å². The van der Waals surface area contributed by atoms with E-state index in [2.05, 4.69) is 25.7 Å². The molecule has 19 heavy (non-hydrogen) atoms. The highest BCUT2D eigenvalue weighted by atomic mass is 16.4. The van der Waals surface area contributed by atoms with E-state index in [0.29, 0.717) is 13.1 Å². The summed E-state index contributed by atoms with van der Waals surface area (Å²) in [6.45, 7) is 9.90. The monoisotopic (exact) mass is 271 g/mol. The zero-order valence-corrected chi connectivity index (χ0v) is 12.3. The summed E-state index contributed by atoms with van der Waals surface area (Å²) in [5, 5.41) is 8.62. The van der Waals surface area contributed by atoms with E-state index >= 15 is 0 Å². The van der Waals surface area contributed by atoms with Crippen molar-refractivity contribution in [2.75, 3.05) is 39.8 Å². The standard InChI is InChI=1S/C13H25N3O3/c1-13(2,3)16-9-7-15(8-10-16)12(19)14(4)6-5-11(17)18/h5-10H2,1-4H3,(H,17,18). The predicted molar refractivity (Wildman–Crippen MR) is 73.2 cm³/mol. The van der Waals surface area contributed by atoms with Gasteiger partial charge in [-0.05, 0) is 20.8 Å². The average Bonchev–Trinajstić information content (AvgIpc) is 2.34. The summed E-state index contributed by atoms with van der Waals surface area (Å²) >= 11 is 0. The van der Waals surface area contributed by atoms with Gasteiger partial charge in [0.05, 0.1) is 6.42 Å². The molecule has 0 aromatic carbocycles. The van der Waals surface area contributed by atoms with Crippen molar-refractivity contribution in [2.45, 2.75) is 32.7 Å². The fraction of sp³-hybridized carbons (Fsp3) is 0.846. The molecule has 6 heteroatoms. The summed E-state index contributed by atoms with van der Waals surface area (Å²) in [7, 11) is 1.65. The Kier molecular flexibility index (Phi) is 5.17. The molecule has 1 fully saturated rings. The van der Waals surface area contributed by atoms with Crippen LogP contribution >= 0.6 is 0 Å². The molecule has 0 saturated carbocycles. The summed E-state index contributed by atoms with van der Waals surface area (Å²) in [4.78, 5) is 28.2. The SMILES string of the molecule is CN(CCC(=O)O)C(=O)N1CCN(C(C)(C)C)CC1. The minimum Gasteiger partial charge on any atom is -0.481 e. The normalized spacial score (nSPS) is 17.4. The molecule has 6 nitrogen and oxygen atoms in total. The van der Waals surface area contributed by atoms with E-state index in [1.54, 1.807) is 11.9 Å². The number of carboxylic acids is 1. The van der Waals surface area contributed by atoms with Gasteiger partial charge in [-0.2, -0.15) is 0 Å². The van der Waals surface area contributed by atoms with Gasteiger partial charge in [0.15, 0.2) is 0 Å². The Balaban J connectivity index is 2.42. The van der Waals surface area contributed by atoms with E-state index in [0.717, 1.165) is 13.1 Å². The summed E-state index contributed by atoms with van der Waals surface area (Å²) < 4.78 is 0. The second-order valence-corrected chi connectivity index (χ2v) is 5.99. The predicted octanol–water partition coefficient (Wildman–Crippen LogP) is 0.929. The van der Waals surface area contributed by atoms with Crippen LogP contribution in [0.5, 0.6) is 0 Å². The van der Waals surface area contributed by atoms with Crippen molar-refractivity contribution in [2.24, 2.45) is 0 Å². The minimum absolute atomic E-state index is 0.00973. The number of piperazine rings is 1. The van der Waals surface area contributed by atoms with Crippen LogP contribution in [-0.2, 0) is 4.79 Å². The molecule has 1 aliphatic heterocycles. The zero-order chi connectivity index (χ0) is 14.6. The molecule has 1 saturated heterocycles. The molecule has 0 aliphatic carbocycles. The Labute approximate surface area is 115 Å². The van der Waals surface area contributed by atoms with Gasteiger partial charge >= 0.3 is 12.0 Å². The molecule has 110 valence electrons. The van der Waals surface area contributed by atoms with Crippen LogP contribution in [0.15, 0.2) is 0 Å². The summed E-state index contributed by atoms with van der Waals surface area (Å²) in [5.74, 6) is -0.878. The van der Waals surface area contributed by atoms with E-state index in [9.17, 15) is 9.59 Å². The third kappa shape index (κ3) is 4.70. The van der Waals surface area contributed by atoms with Gasteiger partial charge in [-0.15, -0.1) is 0 Å². The topological polar surface area (TPSA) is 64.1 Å². The van der Waals surface area contributed by atoms with Gasteiger partial charge in [0.1, 0.15) is 0 Å². The molecule has 0 unspecified atom stereocenters. The number of carboxylic acid groups (broad SMARTS) is 1. The summed E-state index contributed by atoms with van der Waals surface area (Å²) in [5.41, 5.74) is 0.129. The molecule has 0 aromatic heterocycles. The van der Waals surface area contributed by atoms with E-state index < -0.39 is 5.97 Å². The lowest BCUT2D eigenvalue weighted by Crippen LogP contribution is -2.56. The number of carbonyl (C=O) groups is 2. The van der Waals surface area contributed by atoms with Gasteiger partial charge in [0.2, 0.25) is 0 Å². The average molecular weight is 271 g/mol. The molecule has 1 rings (SSSR count). The van der Waals surface area contributed by atoms with Crippen LogP contribution in [0, 0.1) is 0 Å². The molecule has 0 radical (unpaired) electrons. The van der Waals surface area contributed by atoms with Crippen molar-refractivity contribution in [1.82, 2.24) is 14.7 Å². The van der Waals surface area contributed by atoms with E-state index in [4.69, 9.17) is 5.11 Å². The first-order chi connectivity index (χ1) is 8.71. The van der Waals surface area contributed by atoms with Crippen molar-refractivity contribution >= 4 is 12.0 Å². The second-order valence-electron chi connectivity index (χ2n) is 5.99. The molecule has 1 heterocycles. The molecule has 0 spiro atoms. The first-order valence-electron chi connectivity index (χ1n) is 6.68. The lowest BCUT2D eigenvalue weighted by atomic mass is 10.1. The van der Waals surface area contributed by atoms with Crippen LogP contribution in [0.4, 0.5) is 4.79 Å². The number of aliphatic carboxylic acids is 1. The fourth-order valence-electron chi connectivity index (χ4n) is 2.17. The van der Waals surface area contributed by atoms with Crippen molar-refractivity contribution in [3.8, 4) is 0 Å². The molecule has 0 aromatic rings. The van der Waals surface area contributed by atoms with Crippen molar-refractivity contribution in [1.29, 1.82) is 0 Å². The number of carbonyl (C=O) groups excluding carboxylic acids is 1. The number of urea groups is 1. The van der Waals surface area contributed by atoms with Crippen LogP contribution < -0.4 is 0 Å². The maximum atomic E-state index is 12.1. The Morgan fingerprint density at radius 3 is 2.11 bits per heavy atom. The number of hydrogen-bond acceptors (Lipinski definition) is 3. The van der Waals surface area contributed by atoms with E-state index in [-0.39, 0.29) is 24.5 Å². The first-order valence-corrected chi connectivity index (χ1v) is 6.68. The van der Waals surface area contributed by atoms with E-state index in [1.165, 1.54) is 4.90 Å². The Morgan fingerprint density at radius 2 is 1.68 bits per heavy atom. The van der Waals surface area contributed by atoms with Crippen LogP contribution in [0.2, 0.25) is 0 Å². The van der Waals surface area contributed by atoms with Crippen LogP contribution in [0.1, 0.15) is 27.2 Å². The highest BCUT2D eigenvalue weighted by Gasteiger charge is 2.28. The fourth-order valence-corrected chi connectivity index (χ4v) is 2.17. The lowest BCUT2D eigenvalue weighted by molar-refractivity contribution is -0.137. The molecule has 2 amide bonds. The lowest BCUT2D eigenvalue weighted by Gasteiger charge is -2.42. The van der Waals surface area contributed by atoms with Crippen molar-refractivity contribution in [3.63, 3.8) is 0 Å². The Bertz CT molecular complexity index is 331.